The molecule has 1 fully saturated rings. The molecular weight excluding hydrogens is 587 g/mol. The summed E-state index contributed by atoms with van der Waals surface area (Å²) in [6, 6.07) is 4.50. The third kappa shape index (κ3) is 14.5. The summed E-state index contributed by atoms with van der Waals surface area (Å²) in [5.74, 6) is -4.05. The number of likely N-dealkylation sites (N-methyl/N-ethyl adjacent to an activating group) is 1. The number of nitrogens with one attached hydrogen (secondary N) is 1. The van der Waals surface area contributed by atoms with Gasteiger partial charge in [-0.1, -0.05) is 18.9 Å². The number of carbonyl (C=O) groups is 3. The molecule has 0 spiro atoms. The molecular formula is C25H40MnN4O11. The molecule has 0 unspecified atom stereocenters. The van der Waals surface area contributed by atoms with Crippen LogP contribution in [0.5, 0.6) is 0 Å². The van der Waals surface area contributed by atoms with Crippen molar-refractivity contribution in [3.05, 3.63) is 30.1 Å². The first-order chi connectivity index (χ1) is 18.9. The van der Waals surface area contributed by atoms with Crippen molar-refractivity contribution >= 4 is 17.9 Å². The molecule has 0 aromatic carbocycles. The van der Waals surface area contributed by atoms with Gasteiger partial charge in [0.1, 0.15) is 18.3 Å². The number of aliphatic carboxylic acids is 3. The number of nitrogens with zero attached hydrogens (tertiary/aromatic N) is 3. The molecule has 0 aliphatic heterocycles. The van der Waals surface area contributed by atoms with E-state index in [1.807, 2.05) is 0 Å². The Hall–Kier alpha value is -2.24. The van der Waals surface area contributed by atoms with Crippen molar-refractivity contribution in [2.45, 2.75) is 68.7 Å². The molecule has 2 rings (SSSR count). The number of rotatable bonds is 16. The molecule has 1 aromatic heterocycles. The predicted octanol–water partition coefficient (Wildman–Crippen LogP) is -6.50. The Morgan fingerprint density at radius 1 is 0.927 bits per heavy atom. The van der Waals surface area contributed by atoms with Gasteiger partial charge >= 0.3 is 18.5 Å². The number of aliphatic hydroxyl groups excluding tert-OH is 5. The van der Waals surface area contributed by atoms with Crippen LogP contribution < -0.4 is 20.6 Å². The Morgan fingerprint density at radius 2 is 1.41 bits per heavy atom. The van der Waals surface area contributed by atoms with Crippen LogP contribution in [0.2, 0.25) is 0 Å². The second kappa shape index (κ2) is 20.6. The molecule has 1 aliphatic rings. The quantitative estimate of drug-likeness (QED) is 0.0932. The minimum absolute atomic E-state index is 0. The number of carboxylic acid groups (broad SMARTS) is 3. The Morgan fingerprint density at radius 3 is 1.85 bits per heavy atom. The van der Waals surface area contributed by atoms with Crippen LogP contribution in [-0.2, 0) is 38.0 Å². The number of aromatic nitrogens is 1. The van der Waals surface area contributed by atoms with Crippen LogP contribution >= 0.6 is 0 Å². The van der Waals surface area contributed by atoms with Crippen LogP contribution in [0.25, 0.3) is 0 Å². The van der Waals surface area contributed by atoms with E-state index in [0.29, 0.717) is 18.5 Å². The fourth-order valence-electron chi connectivity index (χ4n) is 4.61. The van der Waals surface area contributed by atoms with E-state index in [1.54, 1.807) is 36.3 Å². The molecule has 1 aliphatic carbocycles. The van der Waals surface area contributed by atoms with Gasteiger partial charge in [0, 0.05) is 51.0 Å². The summed E-state index contributed by atoms with van der Waals surface area (Å²) in [6.07, 6.45) is -1.26. The molecule has 6 atom stereocenters. The molecule has 233 valence electrons. The smallest absolute Gasteiger partial charge is 0.549 e. The Labute approximate surface area is 250 Å². The van der Waals surface area contributed by atoms with Gasteiger partial charge in [0.05, 0.1) is 36.3 Å². The van der Waals surface area contributed by atoms with E-state index in [9.17, 15) is 34.8 Å². The third-order valence-electron chi connectivity index (χ3n) is 6.46. The second-order valence-corrected chi connectivity index (χ2v) is 9.52. The summed E-state index contributed by atoms with van der Waals surface area (Å²) >= 11 is 0. The SMILES string of the molecule is CNC[C@H](O)[C@@H](O)[C@H](O)[C@H](O)CO.O=C([O-])CN(CC(=O)[O-])[C@@H]1CCCC[C@H]1N(CC(=O)[O-])Cc1ccccn1.[H+].[Mn+2]. The van der Waals surface area contributed by atoms with Gasteiger partial charge in [-0.3, -0.25) is 14.8 Å². The van der Waals surface area contributed by atoms with Crippen molar-refractivity contribution in [2.24, 2.45) is 0 Å². The topological polar surface area (TPSA) is 253 Å². The van der Waals surface area contributed by atoms with E-state index in [4.69, 9.17) is 20.4 Å². The van der Waals surface area contributed by atoms with Gasteiger partial charge in [0.15, 0.2) is 0 Å². The molecule has 1 aromatic rings. The van der Waals surface area contributed by atoms with Crippen molar-refractivity contribution in [1.29, 1.82) is 0 Å². The third-order valence-corrected chi connectivity index (χ3v) is 6.46. The minimum Gasteiger partial charge on any atom is -0.549 e. The summed E-state index contributed by atoms with van der Waals surface area (Å²) in [6.45, 7) is -1.81. The molecule has 16 heteroatoms. The van der Waals surface area contributed by atoms with Crippen molar-refractivity contribution in [3.63, 3.8) is 0 Å². The summed E-state index contributed by atoms with van der Waals surface area (Å²) in [4.78, 5) is 40.6. The molecule has 0 bridgehead atoms. The number of aliphatic hydroxyl groups is 5. The number of hydrogen-bond acceptors (Lipinski definition) is 15. The normalized spacial score (nSPS) is 19.7. The number of carboxylic acids is 3. The van der Waals surface area contributed by atoms with E-state index < -0.39 is 68.1 Å². The van der Waals surface area contributed by atoms with E-state index in [1.165, 1.54) is 4.90 Å². The number of carbonyl (C=O) groups excluding carboxylic acids is 3. The van der Waals surface area contributed by atoms with Crippen molar-refractivity contribution in [3.8, 4) is 0 Å². The van der Waals surface area contributed by atoms with Crippen LogP contribution in [0.3, 0.4) is 0 Å². The van der Waals surface area contributed by atoms with E-state index in [-0.39, 0.29) is 44.2 Å². The van der Waals surface area contributed by atoms with Crippen LogP contribution in [0.15, 0.2) is 24.4 Å². The van der Waals surface area contributed by atoms with Crippen molar-refractivity contribution in [1.82, 2.24) is 20.1 Å². The fraction of sp³-hybridized carbons (Fsp3) is 0.680. The molecule has 1 saturated carbocycles. The summed E-state index contributed by atoms with van der Waals surface area (Å²) in [5.41, 5.74) is 0.662. The maximum Gasteiger partial charge on any atom is 2.00 e. The Balaban J connectivity index is 0. The molecule has 0 saturated heterocycles. The minimum atomic E-state index is -1.55. The van der Waals surface area contributed by atoms with Gasteiger partial charge in [-0.25, -0.2) is 0 Å². The van der Waals surface area contributed by atoms with Gasteiger partial charge < -0.3 is 60.6 Å². The standard InChI is InChI=1S/C18H25N3O6.C7H17NO5.Mn/c22-16(23)10-20(9-13-5-3-4-8-19-13)14-6-1-2-7-15(14)21(11-17(24)25)12-18(26)27;1-8-2-4(10)6(12)7(13)5(11)3-9;/h3-5,8,14-15H,1-2,6-7,9-12H2,(H,22,23)(H,24,25)(H,26,27);4-13H,2-3H2,1H3;/q;;+2/p-2/t14-,15-;4-,5+,6+,7+;/m10./s1. The fourth-order valence-corrected chi connectivity index (χ4v) is 4.61. The van der Waals surface area contributed by atoms with E-state index >= 15 is 0 Å². The molecule has 1 radical (unpaired) electrons. The monoisotopic (exact) mass is 627 g/mol. The van der Waals surface area contributed by atoms with Crippen LogP contribution in [0.4, 0.5) is 0 Å². The first-order valence-electron chi connectivity index (χ1n) is 12.9. The van der Waals surface area contributed by atoms with Crippen molar-refractivity contribution < 1.29 is 73.7 Å². The van der Waals surface area contributed by atoms with Gasteiger partial charge in [-0.05, 0) is 32.0 Å². The summed E-state index contributed by atoms with van der Waals surface area (Å²) < 4.78 is 0. The maximum atomic E-state index is 11.3. The zero-order valence-electron chi connectivity index (χ0n) is 23.7. The van der Waals surface area contributed by atoms with Crippen LogP contribution in [0, 0.1) is 0 Å². The van der Waals surface area contributed by atoms with E-state index in [0.717, 1.165) is 12.8 Å². The molecule has 6 N–H and O–H groups in total. The largest absolute Gasteiger partial charge is 2.00 e. The number of hydrogen-bond donors (Lipinski definition) is 6. The predicted molar refractivity (Wildman–Crippen MR) is 133 cm³/mol. The average Bonchev–Trinajstić information content (AvgIpc) is 2.91. The van der Waals surface area contributed by atoms with Gasteiger partial charge in [0.2, 0.25) is 0 Å². The Kier molecular flexibility index (Phi) is 19.5. The maximum absolute atomic E-state index is 11.3. The van der Waals surface area contributed by atoms with Crippen molar-refractivity contribution in [2.75, 3.05) is 39.8 Å². The van der Waals surface area contributed by atoms with E-state index in [2.05, 4.69) is 10.3 Å². The average molecular weight is 628 g/mol. The molecule has 41 heavy (non-hydrogen) atoms. The first kappa shape index (κ1) is 38.8. The molecule has 0 amide bonds. The van der Waals surface area contributed by atoms with Gasteiger partial charge in [0.25, 0.3) is 0 Å². The summed E-state index contributed by atoms with van der Waals surface area (Å²) in [5, 5.41) is 80.9. The zero-order valence-corrected chi connectivity index (χ0v) is 23.9. The zero-order chi connectivity index (χ0) is 30.2. The Bertz CT molecular complexity index is 892. The first-order valence-corrected chi connectivity index (χ1v) is 12.9. The second-order valence-electron chi connectivity index (χ2n) is 9.52. The van der Waals surface area contributed by atoms with Gasteiger partial charge in [-0.2, -0.15) is 0 Å². The van der Waals surface area contributed by atoms with Gasteiger partial charge in [-0.15, -0.1) is 0 Å². The van der Waals surface area contributed by atoms with Crippen LogP contribution in [0.1, 0.15) is 32.8 Å². The van der Waals surface area contributed by atoms with Crippen LogP contribution in [-0.4, -0.2) is 135 Å². The number of pyridine rings is 1. The molecule has 15 nitrogen and oxygen atoms in total. The molecule has 1 heterocycles. The summed E-state index contributed by atoms with van der Waals surface area (Å²) in [7, 11) is 1.57.